The van der Waals surface area contributed by atoms with Crippen LogP contribution in [0.4, 0.5) is 0 Å². The fourth-order valence-corrected chi connectivity index (χ4v) is 3.10. The fourth-order valence-electron chi connectivity index (χ4n) is 1.84. The Morgan fingerprint density at radius 1 is 1.42 bits per heavy atom. The first-order valence-electron chi connectivity index (χ1n) is 5.89. The summed E-state index contributed by atoms with van der Waals surface area (Å²) in [5, 5.41) is 8.90. The van der Waals surface area contributed by atoms with Gasteiger partial charge in [-0.05, 0) is 36.8 Å². The van der Waals surface area contributed by atoms with E-state index in [4.69, 9.17) is 21.4 Å². The molecule has 1 heterocycles. The molecule has 0 aromatic heterocycles. The van der Waals surface area contributed by atoms with Crippen molar-refractivity contribution in [2.75, 3.05) is 11.5 Å². The summed E-state index contributed by atoms with van der Waals surface area (Å²) in [6, 6.07) is 4.31. The molecule has 1 aliphatic rings. The smallest absolute Gasteiger partial charge is 0.377 e. The molecule has 4 nitrogen and oxygen atoms in total. The topological polar surface area (TPSA) is 63.6 Å². The van der Waals surface area contributed by atoms with Gasteiger partial charge in [-0.15, -0.1) is 0 Å². The second kappa shape index (κ2) is 6.30. The van der Waals surface area contributed by atoms with Gasteiger partial charge in [0, 0.05) is 11.3 Å². The van der Waals surface area contributed by atoms with Gasteiger partial charge in [-0.1, -0.05) is 11.6 Å². The Morgan fingerprint density at radius 3 is 2.79 bits per heavy atom. The van der Waals surface area contributed by atoms with Gasteiger partial charge in [0.1, 0.15) is 11.9 Å². The van der Waals surface area contributed by atoms with E-state index in [1.165, 1.54) is 12.1 Å². The van der Waals surface area contributed by atoms with Crippen LogP contribution in [0.5, 0.6) is 5.75 Å². The zero-order chi connectivity index (χ0) is 13.8. The van der Waals surface area contributed by atoms with Crippen LogP contribution >= 0.6 is 23.4 Å². The maximum absolute atomic E-state index is 11.3. The molecule has 0 saturated carbocycles. The second-order valence-corrected chi connectivity index (χ2v) is 5.79. The highest BCUT2D eigenvalue weighted by atomic mass is 35.5. The van der Waals surface area contributed by atoms with Crippen LogP contribution in [0.2, 0.25) is 5.02 Å². The summed E-state index contributed by atoms with van der Waals surface area (Å²) in [6.45, 7) is 0. The van der Waals surface area contributed by atoms with E-state index in [2.05, 4.69) is 0 Å². The minimum Gasteiger partial charge on any atom is -0.488 e. The molecule has 0 amide bonds. The molecule has 1 unspecified atom stereocenters. The number of hydrogen-bond acceptors (Lipinski definition) is 4. The van der Waals surface area contributed by atoms with Crippen molar-refractivity contribution in [2.45, 2.75) is 18.9 Å². The maximum Gasteiger partial charge on any atom is 0.377 e. The highest BCUT2D eigenvalue weighted by Gasteiger charge is 2.19. The van der Waals surface area contributed by atoms with Crippen molar-refractivity contribution < 1.29 is 19.4 Å². The fraction of sp³-hybridized carbons (Fsp3) is 0.385. The summed E-state index contributed by atoms with van der Waals surface area (Å²) in [5.74, 6) is 0.109. The van der Waals surface area contributed by atoms with Gasteiger partial charge >= 0.3 is 5.97 Å². The molecule has 6 heteroatoms. The molecular weight excluding hydrogens is 288 g/mol. The molecule has 1 atom stereocenters. The van der Waals surface area contributed by atoms with Crippen LogP contribution in [0.15, 0.2) is 18.2 Å². The lowest BCUT2D eigenvalue weighted by Gasteiger charge is -2.23. The summed E-state index contributed by atoms with van der Waals surface area (Å²) in [7, 11) is 0. The van der Waals surface area contributed by atoms with Crippen molar-refractivity contribution in [1.29, 1.82) is 0 Å². The number of hydrogen-bond donors (Lipinski definition) is 1. The number of halogens is 1. The number of ether oxygens (including phenoxy) is 1. The number of ketones is 1. The first-order valence-corrected chi connectivity index (χ1v) is 7.43. The number of aliphatic carboxylic acids is 1. The largest absolute Gasteiger partial charge is 0.488 e. The molecular formula is C13H13ClO4S. The third-order valence-corrected chi connectivity index (χ3v) is 4.28. The Morgan fingerprint density at radius 2 is 2.21 bits per heavy atom. The average molecular weight is 301 g/mol. The zero-order valence-corrected chi connectivity index (χ0v) is 11.7. The van der Waals surface area contributed by atoms with E-state index >= 15 is 0 Å². The predicted molar refractivity (Wildman–Crippen MR) is 74.4 cm³/mol. The number of Topliss-reactive ketones (excluding diaryl/α,β-unsaturated/α-hetero) is 1. The summed E-state index contributed by atoms with van der Waals surface area (Å²) in [5.41, 5.74) is 0.0582. The van der Waals surface area contributed by atoms with Gasteiger partial charge in [0.2, 0.25) is 0 Å². The standard InChI is InChI=1S/C13H13ClO4S/c14-10-6-8(12(15)13(16)17)3-4-11(10)18-9-2-1-5-19-7-9/h3-4,6,9H,1-2,5,7H2,(H,16,17). The van der Waals surface area contributed by atoms with Crippen molar-refractivity contribution in [3.8, 4) is 5.75 Å². The lowest BCUT2D eigenvalue weighted by molar-refractivity contribution is -0.131. The normalized spacial score (nSPS) is 18.9. The number of thioether (sulfide) groups is 1. The number of carbonyl (C=O) groups excluding carboxylic acids is 1. The Hall–Kier alpha value is -1.20. The van der Waals surface area contributed by atoms with E-state index in [1.54, 1.807) is 6.07 Å². The van der Waals surface area contributed by atoms with Crippen LogP contribution in [-0.4, -0.2) is 34.5 Å². The number of rotatable bonds is 4. The Kier molecular flexibility index (Phi) is 4.71. The first-order chi connectivity index (χ1) is 9.08. The number of carbonyl (C=O) groups is 2. The van der Waals surface area contributed by atoms with Gasteiger partial charge in [0.05, 0.1) is 5.02 Å². The minimum atomic E-state index is -1.49. The van der Waals surface area contributed by atoms with Crippen molar-refractivity contribution in [3.63, 3.8) is 0 Å². The Bertz CT molecular complexity index is 497. The summed E-state index contributed by atoms with van der Waals surface area (Å²) in [4.78, 5) is 21.9. The predicted octanol–water partition coefficient (Wildman–Crippen LogP) is 2.88. The van der Waals surface area contributed by atoms with Gasteiger partial charge in [-0.25, -0.2) is 4.79 Å². The van der Waals surface area contributed by atoms with Crippen LogP contribution in [0.1, 0.15) is 23.2 Å². The number of carboxylic acids is 1. The molecule has 102 valence electrons. The first kappa shape index (κ1) is 14.2. The molecule has 1 saturated heterocycles. The van der Waals surface area contributed by atoms with Gasteiger partial charge in [0.15, 0.2) is 0 Å². The Labute approximate surface area is 120 Å². The lowest BCUT2D eigenvalue weighted by Crippen LogP contribution is -2.23. The third kappa shape index (κ3) is 3.64. The number of benzene rings is 1. The molecule has 0 radical (unpaired) electrons. The van der Waals surface area contributed by atoms with E-state index in [1.807, 2.05) is 11.8 Å². The van der Waals surface area contributed by atoms with Crippen LogP contribution in [0.25, 0.3) is 0 Å². The molecule has 1 fully saturated rings. The van der Waals surface area contributed by atoms with E-state index in [-0.39, 0.29) is 16.7 Å². The highest BCUT2D eigenvalue weighted by Crippen LogP contribution is 2.29. The number of carboxylic acid groups (broad SMARTS) is 1. The van der Waals surface area contributed by atoms with Crippen molar-refractivity contribution in [3.05, 3.63) is 28.8 Å². The molecule has 0 spiro atoms. The molecule has 1 aromatic rings. The Balaban J connectivity index is 2.10. The van der Waals surface area contributed by atoms with Crippen LogP contribution in [0, 0.1) is 0 Å². The summed E-state index contributed by atoms with van der Waals surface area (Å²) >= 11 is 7.86. The molecule has 19 heavy (non-hydrogen) atoms. The second-order valence-electron chi connectivity index (χ2n) is 4.24. The highest BCUT2D eigenvalue weighted by molar-refractivity contribution is 7.99. The van der Waals surface area contributed by atoms with Gasteiger partial charge < -0.3 is 9.84 Å². The van der Waals surface area contributed by atoms with Gasteiger partial charge in [0.25, 0.3) is 5.78 Å². The van der Waals surface area contributed by atoms with Gasteiger partial charge in [-0.2, -0.15) is 11.8 Å². The molecule has 1 aliphatic heterocycles. The molecule has 0 bridgehead atoms. The van der Waals surface area contributed by atoms with Crippen LogP contribution in [0.3, 0.4) is 0 Å². The average Bonchev–Trinajstić information content (AvgIpc) is 2.41. The van der Waals surface area contributed by atoms with Crippen LogP contribution < -0.4 is 4.74 Å². The summed E-state index contributed by atoms with van der Waals surface area (Å²) < 4.78 is 5.77. The molecule has 2 rings (SSSR count). The van der Waals surface area contributed by atoms with E-state index in [0.717, 1.165) is 24.3 Å². The quantitative estimate of drug-likeness (QED) is 0.684. The van der Waals surface area contributed by atoms with Crippen LogP contribution in [-0.2, 0) is 4.79 Å². The van der Waals surface area contributed by atoms with E-state index < -0.39 is 11.8 Å². The molecule has 1 N–H and O–H groups in total. The minimum absolute atomic E-state index is 0.0582. The molecule has 1 aromatic carbocycles. The van der Waals surface area contributed by atoms with Crippen molar-refractivity contribution >= 4 is 35.1 Å². The van der Waals surface area contributed by atoms with Crippen molar-refractivity contribution in [2.24, 2.45) is 0 Å². The van der Waals surface area contributed by atoms with Gasteiger partial charge in [-0.3, -0.25) is 4.79 Å². The van der Waals surface area contributed by atoms with E-state index in [0.29, 0.717) is 5.75 Å². The van der Waals surface area contributed by atoms with Crippen molar-refractivity contribution in [1.82, 2.24) is 0 Å². The maximum atomic E-state index is 11.3. The summed E-state index contributed by atoms with van der Waals surface area (Å²) in [6.07, 6.45) is 2.22. The molecule has 0 aliphatic carbocycles. The zero-order valence-electron chi connectivity index (χ0n) is 10.1. The lowest BCUT2D eigenvalue weighted by atomic mass is 10.1. The monoisotopic (exact) mass is 300 g/mol. The van der Waals surface area contributed by atoms with E-state index in [9.17, 15) is 9.59 Å². The SMILES string of the molecule is O=C(O)C(=O)c1ccc(OC2CCCSC2)c(Cl)c1. The third-order valence-electron chi connectivity index (χ3n) is 2.80.